The first-order valence-corrected chi connectivity index (χ1v) is 14.6. The van der Waals surface area contributed by atoms with Gasteiger partial charge in [0.25, 0.3) is 5.56 Å². The number of carboxylic acids is 1. The molecule has 1 aliphatic heterocycles. The number of methoxy groups -OCH3 is 1. The molecule has 4 aromatic rings. The quantitative estimate of drug-likeness (QED) is 0.150. The van der Waals surface area contributed by atoms with Gasteiger partial charge in [-0.3, -0.25) is 18.8 Å². The molecule has 1 unspecified atom stereocenters. The number of aliphatic hydroxyl groups is 1. The molecule has 3 aromatic heterocycles. The molecule has 5 N–H and O–H groups in total. The summed E-state index contributed by atoms with van der Waals surface area (Å²) in [6.45, 7) is 1.35. The Hall–Kier alpha value is -4.36. The van der Waals surface area contributed by atoms with Crippen LogP contribution in [0.5, 0.6) is 5.88 Å². The summed E-state index contributed by atoms with van der Waals surface area (Å²) in [7, 11) is 1.57. The van der Waals surface area contributed by atoms with E-state index in [9.17, 15) is 19.5 Å². The number of fused-ring (bicyclic) bond motifs is 1. The van der Waals surface area contributed by atoms with Crippen LogP contribution in [0.4, 0.5) is 0 Å². The lowest BCUT2D eigenvalue weighted by atomic mass is 10.0. The topological polar surface area (TPSA) is 167 Å². The first-order chi connectivity index (χ1) is 21.2. The number of ether oxygens (including phenoxy) is 1. The number of rotatable bonds is 13. The molecule has 4 heterocycles. The van der Waals surface area contributed by atoms with Crippen molar-refractivity contribution in [1.82, 2.24) is 30.3 Å². The van der Waals surface area contributed by atoms with Gasteiger partial charge in [0.05, 0.1) is 30.4 Å². The summed E-state index contributed by atoms with van der Waals surface area (Å²) in [5.41, 5.74) is 4.26. The number of carboxylic acid groups (broad SMARTS) is 1. The van der Waals surface area contributed by atoms with E-state index in [1.54, 1.807) is 25.4 Å². The number of hydrogen-bond acceptors (Lipinski definition) is 9. The molecule has 2 atom stereocenters. The highest BCUT2D eigenvalue weighted by molar-refractivity contribution is 6.36. The van der Waals surface area contributed by atoms with Gasteiger partial charge < -0.3 is 30.9 Å². The minimum absolute atomic E-state index is 0.0316. The van der Waals surface area contributed by atoms with Gasteiger partial charge >= 0.3 is 5.97 Å². The molecule has 1 aliphatic rings. The highest BCUT2D eigenvalue weighted by Gasteiger charge is 2.20. The SMILES string of the molecule is COc1nc(-c2cccc(-c3ccn4c(=O)c(CNCC(O)CC(=O)O)cnc4c3)c2Cl)ccc1CNC[C@@H]1CCC(=O)N1. The van der Waals surface area contributed by atoms with Crippen LogP contribution in [0.2, 0.25) is 5.02 Å². The lowest BCUT2D eigenvalue weighted by Crippen LogP contribution is -2.35. The maximum absolute atomic E-state index is 13.0. The summed E-state index contributed by atoms with van der Waals surface area (Å²) in [5.74, 6) is -0.539. The van der Waals surface area contributed by atoms with Crippen LogP contribution in [0.1, 0.15) is 30.4 Å². The average molecular weight is 621 g/mol. The Balaban J connectivity index is 1.32. The molecule has 0 bridgehead atoms. The van der Waals surface area contributed by atoms with Gasteiger partial charge in [0, 0.05) is 73.3 Å². The zero-order valence-corrected chi connectivity index (χ0v) is 24.8. The maximum atomic E-state index is 13.0. The van der Waals surface area contributed by atoms with Crippen molar-refractivity contribution in [3.8, 4) is 28.3 Å². The van der Waals surface area contributed by atoms with Crippen molar-refractivity contribution in [2.24, 2.45) is 0 Å². The second-order valence-electron chi connectivity index (χ2n) is 10.6. The summed E-state index contributed by atoms with van der Waals surface area (Å²) in [4.78, 5) is 44.3. The van der Waals surface area contributed by atoms with E-state index in [0.29, 0.717) is 52.9 Å². The Morgan fingerprint density at radius 1 is 1.16 bits per heavy atom. The van der Waals surface area contributed by atoms with E-state index in [0.717, 1.165) is 23.1 Å². The minimum Gasteiger partial charge on any atom is -0.481 e. The Bertz CT molecular complexity index is 1750. The molecule has 230 valence electrons. The summed E-state index contributed by atoms with van der Waals surface area (Å²) in [6, 6.07) is 13.2. The van der Waals surface area contributed by atoms with E-state index in [1.807, 2.05) is 30.3 Å². The standard InChI is InChI=1S/C31H33ClN6O6/c1-44-30-19(13-33-16-21-6-8-27(40)36-21)5-7-25(37-30)24-4-2-3-23(29(24)32)18-9-10-38-26(11-18)35-15-20(31(38)43)14-34-17-22(39)12-28(41)42/h2-5,7,9-11,15,21-22,33-34,39H,6,8,12-14,16-17H2,1H3,(H,36,40)(H,41,42)/t21-,22?/m0/s1. The number of hydrogen-bond donors (Lipinski definition) is 5. The minimum atomic E-state index is -1.10. The lowest BCUT2D eigenvalue weighted by molar-refractivity contribution is -0.139. The molecule has 13 heteroatoms. The van der Waals surface area contributed by atoms with Gasteiger partial charge in [-0.25, -0.2) is 9.97 Å². The average Bonchev–Trinajstić information content (AvgIpc) is 3.42. The number of aromatic nitrogens is 3. The number of carbonyl (C=O) groups is 2. The number of carbonyl (C=O) groups excluding carboxylic acids is 1. The van der Waals surface area contributed by atoms with Crippen LogP contribution >= 0.6 is 11.6 Å². The van der Waals surface area contributed by atoms with Crippen LogP contribution in [-0.2, 0) is 22.7 Å². The number of aliphatic hydroxyl groups excluding tert-OH is 1. The second kappa shape index (κ2) is 14.0. The third kappa shape index (κ3) is 7.22. The number of pyridine rings is 2. The Morgan fingerprint density at radius 2 is 1.95 bits per heavy atom. The van der Waals surface area contributed by atoms with Crippen molar-refractivity contribution < 1.29 is 24.5 Å². The van der Waals surface area contributed by atoms with E-state index < -0.39 is 12.1 Å². The van der Waals surface area contributed by atoms with Crippen LogP contribution < -0.4 is 26.2 Å². The van der Waals surface area contributed by atoms with Crippen molar-refractivity contribution in [3.05, 3.63) is 81.4 Å². The van der Waals surface area contributed by atoms with Crippen LogP contribution in [0.3, 0.4) is 0 Å². The van der Waals surface area contributed by atoms with Gasteiger partial charge in [-0.2, -0.15) is 0 Å². The molecule has 44 heavy (non-hydrogen) atoms. The van der Waals surface area contributed by atoms with Crippen molar-refractivity contribution >= 4 is 29.1 Å². The number of aliphatic carboxylic acids is 1. The predicted molar refractivity (Wildman–Crippen MR) is 165 cm³/mol. The summed E-state index contributed by atoms with van der Waals surface area (Å²) in [5, 5.41) is 28.2. The number of benzene rings is 1. The molecule has 1 saturated heterocycles. The fraction of sp³-hybridized carbons (Fsp3) is 0.323. The molecule has 0 radical (unpaired) electrons. The fourth-order valence-electron chi connectivity index (χ4n) is 5.14. The smallest absolute Gasteiger partial charge is 0.306 e. The maximum Gasteiger partial charge on any atom is 0.306 e. The van der Waals surface area contributed by atoms with Crippen LogP contribution in [-0.4, -0.2) is 68.8 Å². The highest BCUT2D eigenvalue weighted by Crippen LogP contribution is 2.36. The third-order valence-corrected chi connectivity index (χ3v) is 7.80. The highest BCUT2D eigenvalue weighted by atomic mass is 35.5. The largest absolute Gasteiger partial charge is 0.481 e. The molecule has 0 saturated carbocycles. The van der Waals surface area contributed by atoms with Crippen molar-refractivity contribution in [1.29, 1.82) is 0 Å². The van der Waals surface area contributed by atoms with Gasteiger partial charge in [-0.15, -0.1) is 0 Å². The normalized spacial score (nSPS) is 15.3. The van der Waals surface area contributed by atoms with Gasteiger partial charge in [-0.05, 0) is 30.2 Å². The molecule has 1 aromatic carbocycles. The molecule has 0 spiro atoms. The first-order valence-electron chi connectivity index (χ1n) is 14.2. The number of nitrogens with one attached hydrogen (secondary N) is 3. The van der Waals surface area contributed by atoms with Crippen LogP contribution in [0.15, 0.2) is 59.7 Å². The van der Waals surface area contributed by atoms with E-state index >= 15 is 0 Å². The molecule has 0 aliphatic carbocycles. The number of nitrogens with zero attached hydrogens (tertiary/aromatic N) is 3. The van der Waals surface area contributed by atoms with Gasteiger partial charge in [-0.1, -0.05) is 35.9 Å². The van der Waals surface area contributed by atoms with Gasteiger partial charge in [0.2, 0.25) is 11.8 Å². The molecule has 12 nitrogen and oxygen atoms in total. The Morgan fingerprint density at radius 3 is 2.70 bits per heavy atom. The zero-order chi connectivity index (χ0) is 31.2. The van der Waals surface area contributed by atoms with Crippen molar-refractivity contribution in [2.75, 3.05) is 20.2 Å². The number of halogens is 1. The Labute approximate surface area is 258 Å². The van der Waals surface area contributed by atoms with E-state index in [1.165, 1.54) is 10.6 Å². The third-order valence-electron chi connectivity index (χ3n) is 7.40. The van der Waals surface area contributed by atoms with E-state index in [4.69, 9.17) is 26.4 Å². The fourth-order valence-corrected chi connectivity index (χ4v) is 5.48. The lowest BCUT2D eigenvalue weighted by Gasteiger charge is -2.15. The van der Waals surface area contributed by atoms with Crippen LogP contribution in [0.25, 0.3) is 28.0 Å². The van der Waals surface area contributed by atoms with Crippen molar-refractivity contribution in [3.63, 3.8) is 0 Å². The summed E-state index contributed by atoms with van der Waals surface area (Å²) >= 11 is 6.92. The molecular weight excluding hydrogens is 588 g/mol. The van der Waals surface area contributed by atoms with Crippen molar-refractivity contribution in [2.45, 2.75) is 44.5 Å². The van der Waals surface area contributed by atoms with E-state index in [2.05, 4.69) is 20.9 Å². The zero-order valence-electron chi connectivity index (χ0n) is 24.0. The Kier molecular flexibility index (Phi) is 9.85. The molecule has 1 amide bonds. The summed E-state index contributed by atoms with van der Waals surface area (Å²) < 4.78 is 7.00. The van der Waals surface area contributed by atoms with Gasteiger partial charge in [0.15, 0.2) is 0 Å². The number of amides is 1. The monoisotopic (exact) mass is 620 g/mol. The first kappa shape index (κ1) is 31.1. The van der Waals surface area contributed by atoms with E-state index in [-0.39, 0.29) is 37.0 Å². The molecule has 1 fully saturated rings. The molecule has 5 rings (SSSR count). The van der Waals surface area contributed by atoms with Gasteiger partial charge in [0.1, 0.15) is 5.65 Å². The second-order valence-corrected chi connectivity index (χ2v) is 11.0. The predicted octanol–water partition coefficient (Wildman–Crippen LogP) is 2.38. The molecular formula is C31H33ClN6O6. The van der Waals surface area contributed by atoms with Crippen LogP contribution in [0, 0.1) is 0 Å². The summed E-state index contributed by atoms with van der Waals surface area (Å²) in [6.07, 6.45) is 3.03.